The molecule has 0 atom stereocenters. The van der Waals surface area contributed by atoms with Crippen LogP contribution in [0.2, 0.25) is 0 Å². The predicted molar refractivity (Wildman–Crippen MR) is 112 cm³/mol. The normalized spacial score (nSPS) is 14.8. The molecule has 5 nitrogen and oxygen atoms in total. The van der Waals surface area contributed by atoms with Crippen LogP contribution in [0.3, 0.4) is 0 Å². The molecule has 1 aliphatic carbocycles. The summed E-state index contributed by atoms with van der Waals surface area (Å²) in [6.45, 7) is 1.95. The second-order valence-corrected chi connectivity index (χ2v) is 7.55. The van der Waals surface area contributed by atoms with Crippen molar-refractivity contribution in [2.24, 2.45) is 0 Å². The minimum absolute atomic E-state index is 0.164. The third-order valence-electron chi connectivity index (χ3n) is 5.39. The van der Waals surface area contributed by atoms with E-state index in [1.54, 1.807) is 6.07 Å². The van der Waals surface area contributed by atoms with Crippen molar-refractivity contribution >= 4 is 28.4 Å². The predicted octanol–water partition coefficient (Wildman–Crippen LogP) is 4.79. The maximum atomic E-state index is 13.0. The molecule has 1 aromatic heterocycles. The van der Waals surface area contributed by atoms with E-state index in [0.717, 1.165) is 42.1 Å². The Bertz CT molecular complexity index is 1020. The fourth-order valence-corrected chi connectivity index (χ4v) is 3.92. The summed E-state index contributed by atoms with van der Waals surface area (Å²) in [5, 5.41) is 6.93. The number of rotatable bonds is 4. The molecule has 144 valence electrons. The smallest absolute Gasteiger partial charge is 0.270 e. The van der Waals surface area contributed by atoms with Gasteiger partial charge in [0.2, 0.25) is 0 Å². The van der Waals surface area contributed by atoms with Gasteiger partial charge in [0.05, 0.1) is 5.69 Å². The fraction of sp³-hybridized carbons (Fsp3) is 0.304. The van der Waals surface area contributed by atoms with E-state index in [2.05, 4.69) is 15.6 Å². The van der Waals surface area contributed by atoms with E-state index in [4.69, 9.17) is 0 Å². The standard InChI is InChI=1S/C23H25N3O2/c1-15-8-7-9-16(14-15)22(27)26-20-18-12-5-6-13-19(18)25-21(20)23(28)24-17-10-3-2-4-11-17/h5-9,12-14,17,25H,2-4,10-11H2,1H3,(H,24,28)(H,26,27). The van der Waals surface area contributed by atoms with Crippen molar-refractivity contribution < 1.29 is 9.59 Å². The summed E-state index contributed by atoms with van der Waals surface area (Å²) in [5.41, 5.74) is 3.37. The molecule has 2 amide bonds. The molecule has 1 aliphatic rings. The van der Waals surface area contributed by atoms with Crippen LogP contribution < -0.4 is 10.6 Å². The number of aromatic amines is 1. The van der Waals surface area contributed by atoms with Crippen molar-refractivity contribution in [1.29, 1.82) is 0 Å². The number of para-hydroxylation sites is 1. The first-order chi connectivity index (χ1) is 13.6. The molecule has 4 rings (SSSR count). The van der Waals surface area contributed by atoms with Gasteiger partial charge in [-0.05, 0) is 38.0 Å². The molecule has 0 aliphatic heterocycles. The van der Waals surface area contributed by atoms with E-state index in [1.807, 2.05) is 49.4 Å². The first-order valence-electron chi connectivity index (χ1n) is 9.91. The minimum Gasteiger partial charge on any atom is -0.349 e. The van der Waals surface area contributed by atoms with Crippen LogP contribution in [0.25, 0.3) is 10.9 Å². The van der Waals surface area contributed by atoms with E-state index in [1.165, 1.54) is 6.42 Å². The van der Waals surface area contributed by atoms with Gasteiger partial charge in [-0.3, -0.25) is 9.59 Å². The Labute approximate surface area is 164 Å². The average Bonchev–Trinajstić information content (AvgIpc) is 3.07. The van der Waals surface area contributed by atoms with Gasteiger partial charge in [0.1, 0.15) is 5.69 Å². The highest BCUT2D eigenvalue weighted by atomic mass is 16.2. The Hall–Kier alpha value is -3.08. The van der Waals surface area contributed by atoms with Crippen LogP contribution in [0, 0.1) is 6.92 Å². The molecular formula is C23H25N3O2. The largest absolute Gasteiger partial charge is 0.349 e. The molecule has 2 aromatic carbocycles. The number of aromatic nitrogens is 1. The molecule has 0 bridgehead atoms. The van der Waals surface area contributed by atoms with Gasteiger partial charge in [-0.1, -0.05) is 55.2 Å². The number of anilines is 1. The summed E-state index contributed by atoms with van der Waals surface area (Å²) in [7, 11) is 0. The second kappa shape index (κ2) is 7.89. The summed E-state index contributed by atoms with van der Waals surface area (Å²) in [5.74, 6) is -0.386. The number of H-pyrrole nitrogens is 1. The summed E-state index contributed by atoms with van der Waals surface area (Å²) in [6, 6.07) is 15.3. The lowest BCUT2D eigenvalue weighted by Crippen LogP contribution is -2.36. The monoisotopic (exact) mass is 375 g/mol. The molecule has 1 heterocycles. The van der Waals surface area contributed by atoms with Crippen LogP contribution >= 0.6 is 0 Å². The number of fused-ring (bicyclic) bond motifs is 1. The van der Waals surface area contributed by atoms with Gasteiger partial charge in [-0.2, -0.15) is 0 Å². The van der Waals surface area contributed by atoms with Gasteiger partial charge in [0.25, 0.3) is 11.8 Å². The molecular weight excluding hydrogens is 350 g/mol. The molecule has 1 fully saturated rings. The Morgan fingerprint density at radius 2 is 1.75 bits per heavy atom. The zero-order valence-corrected chi connectivity index (χ0v) is 16.0. The number of hydrogen-bond acceptors (Lipinski definition) is 2. The zero-order valence-electron chi connectivity index (χ0n) is 16.0. The highest BCUT2D eigenvalue weighted by molar-refractivity contribution is 6.15. The topological polar surface area (TPSA) is 74.0 Å². The average molecular weight is 375 g/mol. The van der Waals surface area contributed by atoms with Crippen molar-refractivity contribution in [1.82, 2.24) is 10.3 Å². The number of aryl methyl sites for hydroxylation is 1. The third kappa shape index (κ3) is 3.79. The maximum absolute atomic E-state index is 13.0. The number of carbonyl (C=O) groups is 2. The van der Waals surface area contributed by atoms with Gasteiger partial charge in [-0.25, -0.2) is 0 Å². The third-order valence-corrected chi connectivity index (χ3v) is 5.39. The van der Waals surface area contributed by atoms with Crippen LogP contribution in [0.15, 0.2) is 48.5 Å². The fourth-order valence-electron chi connectivity index (χ4n) is 3.92. The molecule has 5 heteroatoms. The van der Waals surface area contributed by atoms with Crippen LogP contribution in [0.5, 0.6) is 0 Å². The summed E-state index contributed by atoms with van der Waals surface area (Å²) in [6.07, 6.45) is 5.55. The molecule has 3 aromatic rings. The van der Waals surface area contributed by atoms with Crippen LogP contribution in [0.1, 0.15) is 58.5 Å². The summed E-state index contributed by atoms with van der Waals surface area (Å²) >= 11 is 0. The van der Waals surface area contributed by atoms with E-state index in [0.29, 0.717) is 16.9 Å². The molecule has 0 spiro atoms. The highest BCUT2D eigenvalue weighted by Crippen LogP contribution is 2.29. The number of benzene rings is 2. The molecule has 0 saturated heterocycles. The van der Waals surface area contributed by atoms with Gasteiger partial charge in [0, 0.05) is 22.5 Å². The first-order valence-corrected chi connectivity index (χ1v) is 9.91. The lowest BCUT2D eigenvalue weighted by atomic mass is 9.95. The Morgan fingerprint density at radius 1 is 0.964 bits per heavy atom. The summed E-state index contributed by atoms with van der Waals surface area (Å²) < 4.78 is 0. The Kier molecular flexibility index (Phi) is 5.15. The maximum Gasteiger partial charge on any atom is 0.270 e. The second-order valence-electron chi connectivity index (χ2n) is 7.55. The van der Waals surface area contributed by atoms with Crippen molar-refractivity contribution in [3.05, 3.63) is 65.4 Å². The van der Waals surface area contributed by atoms with Crippen molar-refractivity contribution in [2.75, 3.05) is 5.32 Å². The molecule has 0 radical (unpaired) electrons. The zero-order chi connectivity index (χ0) is 19.5. The van der Waals surface area contributed by atoms with E-state index >= 15 is 0 Å². The van der Waals surface area contributed by atoms with E-state index in [-0.39, 0.29) is 17.9 Å². The van der Waals surface area contributed by atoms with Crippen LogP contribution in [0.4, 0.5) is 5.69 Å². The lowest BCUT2D eigenvalue weighted by molar-refractivity contribution is 0.0924. The van der Waals surface area contributed by atoms with Gasteiger partial charge in [0.15, 0.2) is 0 Å². The van der Waals surface area contributed by atoms with Gasteiger partial charge < -0.3 is 15.6 Å². The molecule has 28 heavy (non-hydrogen) atoms. The number of nitrogens with one attached hydrogen (secondary N) is 3. The Balaban J connectivity index is 1.65. The number of amides is 2. The molecule has 3 N–H and O–H groups in total. The van der Waals surface area contributed by atoms with Gasteiger partial charge in [-0.15, -0.1) is 0 Å². The van der Waals surface area contributed by atoms with Crippen molar-refractivity contribution in [2.45, 2.75) is 45.1 Å². The first kappa shape index (κ1) is 18.3. The quantitative estimate of drug-likeness (QED) is 0.613. The Morgan fingerprint density at radius 3 is 2.54 bits per heavy atom. The van der Waals surface area contributed by atoms with Crippen LogP contribution in [-0.4, -0.2) is 22.8 Å². The summed E-state index contributed by atoms with van der Waals surface area (Å²) in [4.78, 5) is 29.0. The van der Waals surface area contributed by atoms with Gasteiger partial charge >= 0.3 is 0 Å². The van der Waals surface area contributed by atoms with Crippen molar-refractivity contribution in [3.8, 4) is 0 Å². The lowest BCUT2D eigenvalue weighted by Gasteiger charge is -2.22. The minimum atomic E-state index is -0.222. The van der Waals surface area contributed by atoms with Crippen molar-refractivity contribution in [3.63, 3.8) is 0 Å². The number of carbonyl (C=O) groups excluding carboxylic acids is 2. The molecule has 0 unspecified atom stereocenters. The highest BCUT2D eigenvalue weighted by Gasteiger charge is 2.23. The van der Waals surface area contributed by atoms with Crippen LogP contribution in [-0.2, 0) is 0 Å². The van der Waals surface area contributed by atoms with E-state index in [9.17, 15) is 9.59 Å². The number of hydrogen-bond donors (Lipinski definition) is 3. The SMILES string of the molecule is Cc1cccc(C(=O)Nc2c(C(=O)NC3CCCCC3)[nH]c3ccccc23)c1. The molecule has 1 saturated carbocycles. The van der Waals surface area contributed by atoms with E-state index < -0.39 is 0 Å².